The quantitative estimate of drug-likeness (QED) is 0.571. The molecule has 4 rings (SSSR count). The van der Waals surface area contributed by atoms with Crippen molar-refractivity contribution in [2.45, 2.75) is 0 Å². The number of rotatable bonds is 4. The zero-order valence-corrected chi connectivity index (χ0v) is 13.9. The van der Waals surface area contributed by atoms with Crippen LogP contribution in [0.25, 0.3) is 17.0 Å². The van der Waals surface area contributed by atoms with Gasteiger partial charge in [-0.25, -0.2) is 4.79 Å². The van der Waals surface area contributed by atoms with Crippen molar-refractivity contribution in [1.29, 1.82) is 0 Å². The maximum atomic E-state index is 11.4. The zero-order chi connectivity index (χ0) is 18.1. The van der Waals surface area contributed by atoms with E-state index in [0.717, 1.165) is 5.56 Å². The van der Waals surface area contributed by atoms with Gasteiger partial charge in [-0.05, 0) is 42.5 Å². The number of halogens is 1. The number of fused-ring (bicyclic) bond motifs is 1. The number of benzene rings is 1. The number of hydrogen-bond donors (Lipinski definition) is 2. The summed E-state index contributed by atoms with van der Waals surface area (Å²) >= 11 is 5.88. The van der Waals surface area contributed by atoms with Gasteiger partial charge in [0.1, 0.15) is 0 Å². The second kappa shape index (κ2) is 6.41. The topological polar surface area (TPSA) is 105 Å². The standard InChI is InChI=1S/C17H11ClN6O2/c18-11-1-2-13(12(9-11)17(25)26)20-14-3-4-15-21-22-16(24(15)23-14)10-5-7-19-8-6-10/h1-9H,(H,20,23)(H,25,26). The molecule has 0 fully saturated rings. The van der Waals surface area contributed by atoms with Crippen LogP contribution in [0, 0.1) is 0 Å². The van der Waals surface area contributed by atoms with E-state index in [1.165, 1.54) is 6.07 Å². The van der Waals surface area contributed by atoms with Crippen LogP contribution in [-0.2, 0) is 0 Å². The van der Waals surface area contributed by atoms with Crippen molar-refractivity contribution in [2.75, 3.05) is 5.32 Å². The Balaban J connectivity index is 1.76. The lowest BCUT2D eigenvalue weighted by atomic mass is 10.2. The van der Waals surface area contributed by atoms with Gasteiger partial charge in [-0.1, -0.05) is 11.6 Å². The number of hydrogen-bond acceptors (Lipinski definition) is 6. The number of nitrogens with zero attached hydrogens (tertiary/aromatic N) is 5. The first kappa shape index (κ1) is 16.0. The van der Waals surface area contributed by atoms with E-state index in [1.807, 2.05) is 0 Å². The van der Waals surface area contributed by atoms with Gasteiger partial charge in [-0.2, -0.15) is 4.52 Å². The smallest absolute Gasteiger partial charge is 0.337 e. The number of nitrogens with one attached hydrogen (secondary N) is 1. The third-order valence-electron chi connectivity index (χ3n) is 3.68. The molecule has 4 aromatic rings. The van der Waals surface area contributed by atoms with E-state index in [1.54, 1.807) is 53.3 Å². The highest BCUT2D eigenvalue weighted by Gasteiger charge is 2.13. The van der Waals surface area contributed by atoms with Gasteiger partial charge in [0.2, 0.25) is 0 Å². The molecular formula is C17H11ClN6O2. The van der Waals surface area contributed by atoms with Crippen LogP contribution in [0.2, 0.25) is 5.02 Å². The molecule has 0 amide bonds. The molecule has 0 unspecified atom stereocenters. The van der Waals surface area contributed by atoms with Crippen molar-refractivity contribution in [2.24, 2.45) is 0 Å². The number of aromatic carboxylic acids is 1. The van der Waals surface area contributed by atoms with Crippen LogP contribution in [-0.4, -0.2) is 35.9 Å². The average Bonchev–Trinajstić information content (AvgIpc) is 3.07. The molecule has 0 aliphatic carbocycles. The number of carboxylic acid groups (broad SMARTS) is 1. The summed E-state index contributed by atoms with van der Waals surface area (Å²) in [4.78, 5) is 15.4. The van der Waals surface area contributed by atoms with Crippen LogP contribution < -0.4 is 5.32 Å². The van der Waals surface area contributed by atoms with Crippen molar-refractivity contribution < 1.29 is 9.90 Å². The summed E-state index contributed by atoms with van der Waals surface area (Å²) in [6.07, 6.45) is 3.32. The summed E-state index contributed by atoms with van der Waals surface area (Å²) in [5, 5.41) is 25.4. The largest absolute Gasteiger partial charge is 0.478 e. The Bertz CT molecular complexity index is 1110. The molecule has 8 nitrogen and oxygen atoms in total. The van der Waals surface area contributed by atoms with Crippen molar-refractivity contribution in [3.8, 4) is 11.4 Å². The van der Waals surface area contributed by atoms with Crippen LogP contribution in [0.1, 0.15) is 10.4 Å². The van der Waals surface area contributed by atoms with Crippen molar-refractivity contribution in [3.63, 3.8) is 0 Å². The number of anilines is 2. The lowest BCUT2D eigenvalue weighted by Crippen LogP contribution is -2.05. The van der Waals surface area contributed by atoms with Gasteiger partial charge in [0, 0.05) is 23.0 Å². The first-order valence-electron chi connectivity index (χ1n) is 7.54. The molecule has 0 saturated carbocycles. The fourth-order valence-electron chi connectivity index (χ4n) is 2.48. The van der Waals surface area contributed by atoms with Gasteiger partial charge in [0.15, 0.2) is 17.3 Å². The molecule has 9 heteroatoms. The highest BCUT2D eigenvalue weighted by molar-refractivity contribution is 6.31. The third kappa shape index (κ3) is 2.93. The van der Waals surface area contributed by atoms with Gasteiger partial charge in [-0.3, -0.25) is 4.98 Å². The van der Waals surface area contributed by atoms with Gasteiger partial charge >= 0.3 is 5.97 Å². The first-order chi connectivity index (χ1) is 12.6. The Morgan fingerprint density at radius 3 is 2.65 bits per heavy atom. The van der Waals surface area contributed by atoms with Crippen LogP contribution >= 0.6 is 11.6 Å². The second-order valence-electron chi connectivity index (χ2n) is 5.37. The molecule has 26 heavy (non-hydrogen) atoms. The number of pyridine rings is 1. The summed E-state index contributed by atoms with van der Waals surface area (Å²) in [6, 6.07) is 11.6. The van der Waals surface area contributed by atoms with Gasteiger partial charge in [0.25, 0.3) is 0 Å². The molecule has 0 radical (unpaired) electrons. The molecule has 3 aromatic heterocycles. The molecule has 0 atom stereocenters. The Morgan fingerprint density at radius 1 is 1.08 bits per heavy atom. The first-order valence-corrected chi connectivity index (χ1v) is 7.92. The second-order valence-corrected chi connectivity index (χ2v) is 5.80. The number of carbonyl (C=O) groups is 1. The van der Waals surface area contributed by atoms with E-state index in [2.05, 4.69) is 25.6 Å². The van der Waals surface area contributed by atoms with Crippen LogP contribution in [0.4, 0.5) is 11.5 Å². The molecular weight excluding hydrogens is 356 g/mol. The van der Waals surface area contributed by atoms with Gasteiger partial charge in [-0.15, -0.1) is 15.3 Å². The van der Waals surface area contributed by atoms with Crippen molar-refractivity contribution in [3.05, 3.63) is 65.4 Å². The van der Waals surface area contributed by atoms with E-state index in [-0.39, 0.29) is 5.56 Å². The van der Waals surface area contributed by atoms with E-state index >= 15 is 0 Å². The van der Waals surface area contributed by atoms with Gasteiger partial charge in [0.05, 0.1) is 11.3 Å². The minimum atomic E-state index is -1.09. The normalized spacial score (nSPS) is 10.8. The van der Waals surface area contributed by atoms with E-state index in [0.29, 0.717) is 28.0 Å². The SMILES string of the molecule is O=C(O)c1cc(Cl)ccc1Nc1ccc2nnc(-c3ccncc3)n2n1. The van der Waals surface area contributed by atoms with E-state index in [4.69, 9.17) is 11.6 Å². The Labute approximate surface area is 152 Å². The average molecular weight is 367 g/mol. The number of aromatic nitrogens is 5. The van der Waals surface area contributed by atoms with Crippen molar-refractivity contribution in [1.82, 2.24) is 24.8 Å². The fraction of sp³-hybridized carbons (Fsp3) is 0. The van der Waals surface area contributed by atoms with Crippen LogP contribution in [0.3, 0.4) is 0 Å². The Kier molecular flexibility index (Phi) is 3.94. The van der Waals surface area contributed by atoms with Gasteiger partial charge < -0.3 is 10.4 Å². The molecule has 0 aliphatic heterocycles. The lowest BCUT2D eigenvalue weighted by Gasteiger charge is -2.09. The summed E-state index contributed by atoms with van der Waals surface area (Å²) < 4.78 is 1.58. The van der Waals surface area contributed by atoms with Crippen molar-refractivity contribution >= 4 is 34.7 Å². The molecule has 2 N–H and O–H groups in total. The Morgan fingerprint density at radius 2 is 1.88 bits per heavy atom. The molecule has 0 saturated heterocycles. The highest BCUT2D eigenvalue weighted by atomic mass is 35.5. The lowest BCUT2D eigenvalue weighted by molar-refractivity contribution is 0.0698. The van der Waals surface area contributed by atoms with Crippen LogP contribution in [0.15, 0.2) is 54.9 Å². The monoisotopic (exact) mass is 366 g/mol. The van der Waals surface area contributed by atoms with E-state index in [9.17, 15) is 9.90 Å². The molecule has 1 aromatic carbocycles. The minimum absolute atomic E-state index is 0.0533. The predicted molar refractivity (Wildman–Crippen MR) is 95.7 cm³/mol. The van der Waals surface area contributed by atoms with E-state index < -0.39 is 5.97 Å². The fourth-order valence-corrected chi connectivity index (χ4v) is 2.65. The predicted octanol–water partition coefficient (Wildman–Crippen LogP) is 3.28. The molecule has 0 aliphatic rings. The molecule has 0 spiro atoms. The summed E-state index contributed by atoms with van der Waals surface area (Å²) in [7, 11) is 0. The summed E-state index contributed by atoms with van der Waals surface area (Å²) in [5.41, 5.74) is 1.82. The summed E-state index contributed by atoms with van der Waals surface area (Å²) in [5.74, 6) is -0.0871. The molecule has 128 valence electrons. The highest BCUT2D eigenvalue weighted by Crippen LogP contribution is 2.24. The molecule has 3 heterocycles. The van der Waals surface area contributed by atoms with Crippen LogP contribution in [0.5, 0.6) is 0 Å². The minimum Gasteiger partial charge on any atom is -0.478 e. The molecule has 0 bridgehead atoms. The maximum absolute atomic E-state index is 11.4. The zero-order valence-electron chi connectivity index (χ0n) is 13.2. The maximum Gasteiger partial charge on any atom is 0.337 e. The number of carboxylic acids is 1. The summed E-state index contributed by atoms with van der Waals surface area (Å²) in [6.45, 7) is 0. The Hall–Kier alpha value is -3.52. The third-order valence-corrected chi connectivity index (χ3v) is 3.91.